The van der Waals surface area contributed by atoms with E-state index in [2.05, 4.69) is 20.0 Å². The number of anilines is 1. The van der Waals surface area contributed by atoms with E-state index >= 15 is 0 Å². The molecule has 2 unspecified atom stereocenters. The first kappa shape index (κ1) is 16.9. The largest absolute Gasteiger partial charge is 0.338 e. The molecule has 6 rings (SSSR count). The van der Waals surface area contributed by atoms with Crippen molar-refractivity contribution >= 4 is 11.9 Å². The lowest BCUT2D eigenvalue weighted by Gasteiger charge is -2.35. The molecule has 142 valence electrons. The number of hydrogen-bond donors (Lipinski definition) is 0. The predicted octanol–water partition coefficient (Wildman–Crippen LogP) is 2.40. The topological polar surface area (TPSA) is 67.2 Å². The van der Waals surface area contributed by atoms with Crippen LogP contribution >= 0.6 is 0 Å². The third kappa shape index (κ3) is 3.13. The first-order valence-corrected chi connectivity index (χ1v) is 9.71. The maximum Gasteiger partial charge on any atom is 0.257 e. The van der Waals surface area contributed by atoms with Crippen LogP contribution in [0.3, 0.4) is 0 Å². The molecule has 0 N–H and O–H groups in total. The zero-order valence-corrected chi connectivity index (χ0v) is 15.6. The van der Waals surface area contributed by atoms with Gasteiger partial charge in [0.05, 0.1) is 17.4 Å². The van der Waals surface area contributed by atoms with Crippen molar-refractivity contribution in [3.8, 4) is 5.69 Å². The molecule has 5 heterocycles. The Balaban J connectivity index is 1.37. The minimum Gasteiger partial charge on any atom is -0.338 e. The summed E-state index contributed by atoms with van der Waals surface area (Å²) in [5.41, 5.74) is 1.59. The number of amides is 1. The molecule has 2 aromatic heterocycles. The van der Waals surface area contributed by atoms with Gasteiger partial charge in [0.25, 0.3) is 5.91 Å². The van der Waals surface area contributed by atoms with Crippen molar-refractivity contribution in [1.29, 1.82) is 0 Å². The third-order valence-electron chi connectivity index (χ3n) is 5.66. The van der Waals surface area contributed by atoms with Gasteiger partial charge in [-0.25, -0.2) is 14.6 Å². The molecule has 1 aromatic carbocycles. The molecule has 0 radical (unpaired) electrons. The van der Waals surface area contributed by atoms with Gasteiger partial charge in [0.2, 0.25) is 5.95 Å². The van der Waals surface area contributed by atoms with Crippen molar-refractivity contribution in [3.05, 3.63) is 66.7 Å². The number of piperidine rings is 1. The second-order valence-electron chi connectivity index (χ2n) is 7.52. The van der Waals surface area contributed by atoms with Crippen molar-refractivity contribution in [3.63, 3.8) is 0 Å². The monoisotopic (exact) mass is 374 g/mol. The van der Waals surface area contributed by atoms with E-state index in [1.807, 2.05) is 47.5 Å². The number of carbonyl (C=O) groups is 1. The number of nitrogens with zero attached hydrogens (tertiary/aromatic N) is 6. The van der Waals surface area contributed by atoms with Gasteiger partial charge >= 0.3 is 0 Å². The molecule has 1 amide bonds. The van der Waals surface area contributed by atoms with Crippen LogP contribution in [0.25, 0.3) is 5.69 Å². The summed E-state index contributed by atoms with van der Waals surface area (Å²) in [6, 6.07) is 11.9. The molecule has 7 heteroatoms. The fraction of sp³-hybridized carbons (Fsp3) is 0.333. The highest BCUT2D eigenvalue weighted by Crippen LogP contribution is 2.30. The highest BCUT2D eigenvalue weighted by atomic mass is 16.2. The molecule has 3 fully saturated rings. The number of hydrogen-bond acceptors (Lipinski definition) is 5. The molecule has 3 aliphatic rings. The number of fused-ring (bicyclic) bond motifs is 4. The fourth-order valence-corrected chi connectivity index (χ4v) is 4.27. The van der Waals surface area contributed by atoms with E-state index in [1.54, 1.807) is 23.3 Å². The number of para-hydroxylation sites is 1. The minimum absolute atomic E-state index is 0.0627. The molecule has 0 aliphatic carbocycles. The maximum atomic E-state index is 13.3. The summed E-state index contributed by atoms with van der Waals surface area (Å²) >= 11 is 0. The van der Waals surface area contributed by atoms with Gasteiger partial charge in [0.15, 0.2) is 0 Å². The lowest BCUT2D eigenvalue weighted by atomic mass is 9.94. The second-order valence-corrected chi connectivity index (χ2v) is 7.52. The second kappa shape index (κ2) is 7.07. The van der Waals surface area contributed by atoms with E-state index < -0.39 is 0 Å². The Bertz CT molecular complexity index is 957. The van der Waals surface area contributed by atoms with Crippen LogP contribution in [0.5, 0.6) is 0 Å². The molecule has 3 aliphatic heterocycles. The molecule has 3 saturated heterocycles. The van der Waals surface area contributed by atoms with E-state index in [4.69, 9.17) is 0 Å². The summed E-state index contributed by atoms with van der Waals surface area (Å²) in [5, 5.41) is 4.39. The van der Waals surface area contributed by atoms with Crippen LogP contribution in [0.1, 0.15) is 23.2 Å². The third-order valence-corrected chi connectivity index (χ3v) is 5.66. The number of aromatic nitrogens is 4. The SMILES string of the molecule is O=C(c1cnn(-c2ccccc2)c1)N1CC2CCC1CN(c1ncccn1)C2. The van der Waals surface area contributed by atoms with E-state index in [0.717, 1.165) is 44.1 Å². The minimum atomic E-state index is 0.0627. The van der Waals surface area contributed by atoms with Crippen molar-refractivity contribution in [2.45, 2.75) is 18.9 Å². The van der Waals surface area contributed by atoms with Crippen LogP contribution in [0.15, 0.2) is 61.2 Å². The van der Waals surface area contributed by atoms with Gasteiger partial charge < -0.3 is 9.80 Å². The normalized spacial score (nSPS) is 21.6. The zero-order valence-electron chi connectivity index (χ0n) is 15.6. The Labute approximate surface area is 163 Å². The Morgan fingerprint density at radius 3 is 2.61 bits per heavy atom. The molecule has 2 bridgehead atoms. The van der Waals surface area contributed by atoms with Gasteiger partial charge in [-0.15, -0.1) is 0 Å². The van der Waals surface area contributed by atoms with E-state index in [9.17, 15) is 4.79 Å². The van der Waals surface area contributed by atoms with Gasteiger partial charge in [-0.3, -0.25) is 4.79 Å². The smallest absolute Gasteiger partial charge is 0.257 e. The Hall–Kier alpha value is -3.22. The number of rotatable bonds is 3. The first-order chi connectivity index (χ1) is 13.8. The zero-order chi connectivity index (χ0) is 18.9. The van der Waals surface area contributed by atoms with Crippen LogP contribution in [0.2, 0.25) is 0 Å². The van der Waals surface area contributed by atoms with Gasteiger partial charge in [-0.1, -0.05) is 18.2 Å². The van der Waals surface area contributed by atoms with Crippen molar-refractivity contribution < 1.29 is 4.79 Å². The highest BCUT2D eigenvalue weighted by Gasteiger charge is 2.38. The van der Waals surface area contributed by atoms with E-state index in [0.29, 0.717) is 11.5 Å². The number of carbonyl (C=O) groups excluding carboxylic acids is 1. The average Bonchev–Trinajstić information content (AvgIpc) is 3.07. The van der Waals surface area contributed by atoms with Gasteiger partial charge in [0, 0.05) is 44.3 Å². The molecule has 0 spiro atoms. The van der Waals surface area contributed by atoms with Gasteiger partial charge in [0.1, 0.15) is 0 Å². The summed E-state index contributed by atoms with van der Waals surface area (Å²) in [6.07, 6.45) is 9.21. The van der Waals surface area contributed by atoms with E-state index in [1.165, 1.54) is 0 Å². The Kier molecular flexibility index (Phi) is 4.27. The van der Waals surface area contributed by atoms with Crippen LogP contribution in [-0.4, -0.2) is 56.2 Å². The Morgan fingerprint density at radius 1 is 0.964 bits per heavy atom. The van der Waals surface area contributed by atoms with Crippen molar-refractivity contribution in [2.24, 2.45) is 5.92 Å². The summed E-state index contributed by atoms with van der Waals surface area (Å²) in [6.45, 7) is 2.45. The maximum absolute atomic E-state index is 13.3. The standard InChI is InChI=1S/C21H22N6O/c28-20(17-11-24-27(14-17)18-5-2-1-3-6-18)26-13-16-7-8-19(26)15-25(12-16)21-22-9-4-10-23-21/h1-6,9-11,14,16,19H,7-8,12-13,15H2. The summed E-state index contributed by atoms with van der Waals surface area (Å²) in [5.74, 6) is 1.26. The van der Waals surface area contributed by atoms with Crippen LogP contribution < -0.4 is 4.90 Å². The van der Waals surface area contributed by atoms with Gasteiger partial charge in [-0.2, -0.15) is 5.10 Å². The molecular formula is C21H22N6O. The van der Waals surface area contributed by atoms with Gasteiger partial charge in [-0.05, 0) is 37.0 Å². The van der Waals surface area contributed by atoms with Crippen LogP contribution in [0.4, 0.5) is 5.95 Å². The summed E-state index contributed by atoms with van der Waals surface area (Å²) in [4.78, 5) is 26.3. The molecule has 3 aromatic rings. The lowest BCUT2D eigenvalue weighted by molar-refractivity contribution is 0.0592. The molecule has 0 saturated carbocycles. The fourth-order valence-electron chi connectivity index (χ4n) is 4.27. The first-order valence-electron chi connectivity index (χ1n) is 9.71. The molecular weight excluding hydrogens is 352 g/mol. The molecule has 2 atom stereocenters. The number of benzene rings is 1. The Morgan fingerprint density at radius 2 is 1.79 bits per heavy atom. The summed E-state index contributed by atoms with van der Waals surface area (Å²) < 4.78 is 1.76. The lowest BCUT2D eigenvalue weighted by Crippen LogP contribution is -2.47. The predicted molar refractivity (Wildman–Crippen MR) is 105 cm³/mol. The summed E-state index contributed by atoms with van der Waals surface area (Å²) in [7, 11) is 0. The quantitative estimate of drug-likeness (QED) is 0.704. The van der Waals surface area contributed by atoms with E-state index in [-0.39, 0.29) is 11.9 Å². The van der Waals surface area contributed by atoms with Crippen molar-refractivity contribution in [1.82, 2.24) is 24.6 Å². The van der Waals surface area contributed by atoms with Crippen LogP contribution in [0, 0.1) is 5.92 Å². The molecule has 28 heavy (non-hydrogen) atoms. The average molecular weight is 374 g/mol. The molecule has 7 nitrogen and oxygen atoms in total. The van der Waals surface area contributed by atoms with Crippen molar-refractivity contribution in [2.75, 3.05) is 24.5 Å². The van der Waals surface area contributed by atoms with Crippen LogP contribution in [-0.2, 0) is 0 Å². The highest BCUT2D eigenvalue weighted by molar-refractivity contribution is 5.94.